The smallest absolute Gasteiger partial charge is 0.262 e. The highest BCUT2D eigenvalue weighted by Gasteiger charge is 2.22. The number of amides is 1. The van der Waals surface area contributed by atoms with Gasteiger partial charge in [0.25, 0.3) is 15.9 Å². The van der Waals surface area contributed by atoms with Crippen LogP contribution in [-0.2, 0) is 10.0 Å². The molecule has 8 nitrogen and oxygen atoms in total. The fraction of sp³-hybridized carbons (Fsp3) is 0.261. The summed E-state index contributed by atoms with van der Waals surface area (Å²) in [5, 5.41) is 3.04. The Morgan fingerprint density at radius 3 is 2.33 bits per heavy atom. The Balaban J connectivity index is 1.89. The first-order valence-corrected chi connectivity index (χ1v) is 11.8. The average molecular weight is 493 g/mol. The van der Waals surface area contributed by atoms with Crippen LogP contribution >= 0.6 is 11.6 Å². The molecule has 3 aromatic rings. The van der Waals surface area contributed by atoms with Crippen LogP contribution in [0, 0.1) is 13.8 Å². The molecule has 2 aromatic carbocycles. The molecule has 0 bridgehead atoms. The second-order valence-electron chi connectivity index (χ2n) is 7.41. The van der Waals surface area contributed by atoms with Gasteiger partial charge in [-0.25, -0.2) is 8.42 Å². The number of methoxy groups -OCH3 is 2. The molecule has 1 heterocycles. The van der Waals surface area contributed by atoms with Crippen LogP contribution in [0.25, 0.3) is 0 Å². The largest absolute Gasteiger partial charge is 0.495 e. The molecule has 0 spiro atoms. The van der Waals surface area contributed by atoms with Gasteiger partial charge in [-0.05, 0) is 56.7 Å². The molecule has 0 aliphatic carbocycles. The number of hydrogen-bond donors (Lipinski definition) is 2. The van der Waals surface area contributed by atoms with Crippen molar-refractivity contribution in [2.24, 2.45) is 0 Å². The summed E-state index contributed by atoms with van der Waals surface area (Å²) in [6.45, 7) is 5.33. The van der Waals surface area contributed by atoms with Crippen LogP contribution in [0.5, 0.6) is 11.5 Å². The zero-order valence-corrected chi connectivity index (χ0v) is 20.4. The highest BCUT2D eigenvalue weighted by Crippen LogP contribution is 2.37. The van der Waals surface area contributed by atoms with Gasteiger partial charge in [-0.3, -0.25) is 9.52 Å². The lowest BCUT2D eigenvalue weighted by Crippen LogP contribution is -2.27. The van der Waals surface area contributed by atoms with Gasteiger partial charge in [0.2, 0.25) is 0 Å². The van der Waals surface area contributed by atoms with E-state index in [0.717, 1.165) is 5.76 Å². The van der Waals surface area contributed by atoms with E-state index >= 15 is 0 Å². The molecule has 0 radical (unpaired) electrons. The third-order valence-corrected chi connectivity index (χ3v) is 6.68. The number of sulfonamides is 1. The van der Waals surface area contributed by atoms with Crippen molar-refractivity contribution in [3.63, 3.8) is 0 Å². The van der Waals surface area contributed by atoms with E-state index in [-0.39, 0.29) is 26.9 Å². The van der Waals surface area contributed by atoms with Crippen molar-refractivity contribution < 1.29 is 27.1 Å². The summed E-state index contributed by atoms with van der Waals surface area (Å²) in [4.78, 5) is 12.8. The molecule has 3 rings (SSSR count). The molecule has 1 unspecified atom stereocenters. The van der Waals surface area contributed by atoms with Crippen molar-refractivity contribution in [2.75, 3.05) is 18.9 Å². The average Bonchev–Trinajstić information content (AvgIpc) is 3.20. The van der Waals surface area contributed by atoms with E-state index in [2.05, 4.69) is 10.0 Å². The molecule has 2 N–H and O–H groups in total. The number of carbonyl (C=O) groups excluding carboxylic acids is 1. The van der Waals surface area contributed by atoms with Crippen LogP contribution in [0.1, 0.15) is 40.4 Å². The van der Waals surface area contributed by atoms with Crippen molar-refractivity contribution in [3.05, 3.63) is 70.1 Å². The van der Waals surface area contributed by atoms with Gasteiger partial charge in [-0.2, -0.15) is 0 Å². The van der Waals surface area contributed by atoms with Crippen LogP contribution in [0.4, 0.5) is 5.69 Å². The summed E-state index contributed by atoms with van der Waals surface area (Å²) in [6.07, 6.45) is 0. The molecule has 10 heteroatoms. The summed E-state index contributed by atoms with van der Waals surface area (Å²) in [6, 6.07) is 10.4. The molecule has 0 aliphatic rings. The van der Waals surface area contributed by atoms with E-state index in [1.54, 1.807) is 26.0 Å². The maximum atomic E-state index is 13.1. The first kappa shape index (κ1) is 24.5. The zero-order valence-electron chi connectivity index (χ0n) is 18.9. The highest BCUT2D eigenvalue weighted by atomic mass is 35.5. The first-order valence-electron chi connectivity index (χ1n) is 9.98. The molecule has 0 saturated heterocycles. The Kier molecular flexibility index (Phi) is 7.24. The number of hydrogen-bond acceptors (Lipinski definition) is 6. The van der Waals surface area contributed by atoms with Gasteiger partial charge in [-0.1, -0.05) is 17.7 Å². The van der Waals surface area contributed by atoms with Crippen molar-refractivity contribution in [1.29, 1.82) is 0 Å². The molecule has 0 saturated carbocycles. The Bertz CT molecular complexity index is 1290. The minimum Gasteiger partial charge on any atom is -0.495 e. The van der Waals surface area contributed by atoms with E-state index in [1.165, 1.54) is 38.5 Å². The van der Waals surface area contributed by atoms with E-state index in [1.807, 2.05) is 13.0 Å². The number of rotatable bonds is 8. The molecule has 1 amide bonds. The second kappa shape index (κ2) is 9.76. The maximum Gasteiger partial charge on any atom is 0.262 e. The van der Waals surface area contributed by atoms with E-state index in [0.29, 0.717) is 17.1 Å². The first-order chi connectivity index (χ1) is 15.6. The quantitative estimate of drug-likeness (QED) is 0.465. The molecule has 1 aromatic heterocycles. The van der Waals surface area contributed by atoms with Crippen LogP contribution in [-0.4, -0.2) is 28.5 Å². The van der Waals surface area contributed by atoms with Crippen molar-refractivity contribution in [3.8, 4) is 11.5 Å². The summed E-state index contributed by atoms with van der Waals surface area (Å²) in [5.74, 6) is 1.48. The van der Waals surface area contributed by atoms with Crippen molar-refractivity contribution >= 4 is 33.2 Å². The predicted octanol–water partition coefficient (Wildman–Crippen LogP) is 4.86. The molecular formula is C23H25ClN2O6S. The number of halogens is 1. The third-order valence-electron chi connectivity index (χ3n) is 5.02. The van der Waals surface area contributed by atoms with Crippen LogP contribution in [0.15, 0.2) is 51.8 Å². The maximum absolute atomic E-state index is 13.1. The minimum absolute atomic E-state index is 0.0891. The van der Waals surface area contributed by atoms with Gasteiger partial charge < -0.3 is 19.2 Å². The SMILES string of the molecule is COc1cc(OC)c(NS(=O)(=O)c2ccc(C)c(C(=O)NC(C)c3ccc(C)o3)c2)cc1Cl. The lowest BCUT2D eigenvalue weighted by Gasteiger charge is -2.16. The lowest BCUT2D eigenvalue weighted by atomic mass is 10.1. The second-order valence-corrected chi connectivity index (χ2v) is 9.50. The fourth-order valence-corrected chi connectivity index (χ4v) is 4.52. The van der Waals surface area contributed by atoms with E-state index in [9.17, 15) is 13.2 Å². The normalized spacial score (nSPS) is 12.2. The minimum atomic E-state index is -4.06. The number of aryl methyl sites for hydroxylation is 2. The van der Waals surface area contributed by atoms with Crippen LogP contribution in [0.2, 0.25) is 5.02 Å². The monoisotopic (exact) mass is 492 g/mol. The molecular weight excluding hydrogens is 468 g/mol. The number of nitrogens with one attached hydrogen (secondary N) is 2. The fourth-order valence-electron chi connectivity index (χ4n) is 3.19. The topological polar surface area (TPSA) is 107 Å². The van der Waals surface area contributed by atoms with E-state index < -0.39 is 22.0 Å². The van der Waals surface area contributed by atoms with Gasteiger partial charge in [0.1, 0.15) is 23.0 Å². The Hall–Kier alpha value is -3.17. The Labute approximate surface area is 197 Å². The third kappa shape index (κ3) is 5.43. The van der Waals surface area contributed by atoms with Gasteiger partial charge in [0, 0.05) is 11.6 Å². The number of ether oxygens (including phenoxy) is 2. The molecule has 0 aliphatic heterocycles. The Morgan fingerprint density at radius 1 is 1.03 bits per heavy atom. The Morgan fingerprint density at radius 2 is 1.73 bits per heavy atom. The van der Waals surface area contributed by atoms with Crippen molar-refractivity contribution in [2.45, 2.75) is 31.7 Å². The molecule has 176 valence electrons. The van der Waals surface area contributed by atoms with Crippen LogP contribution in [0.3, 0.4) is 0 Å². The molecule has 0 fully saturated rings. The number of carbonyl (C=O) groups is 1. The summed E-state index contributed by atoms with van der Waals surface area (Å²) >= 11 is 6.15. The van der Waals surface area contributed by atoms with Gasteiger partial charge in [0.05, 0.1) is 35.9 Å². The van der Waals surface area contributed by atoms with Crippen LogP contribution < -0.4 is 19.5 Å². The van der Waals surface area contributed by atoms with Crippen molar-refractivity contribution in [1.82, 2.24) is 5.32 Å². The predicted molar refractivity (Wildman–Crippen MR) is 126 cm³/mol. The molecule has 1 atom stereocenters. The summed E-state index contributed by atoms with van der Waals surface area (Å²) < 4.78 is 44.6. The summed E-state index contributed by atoms with van der Waals surface area (Å²) in [7, 11) is -1.22. The standard InChI is InChI=1S/C23H25ClN2O6S/c1-13-6-8-16(10-17(13)23(27)25-15(3)20-9-7-14(2)32-20)33(28,29)26-19-11-18(24)21(30-4)12-22(19)31-5/h6-12,15,26H,1-5H3,(H,25,27). The summed E-state index contributed by atoms with van der Waals surface area (Å²) in [5.41, 5.74) is 0.990. The van der Waals surface area contributed by atoms with Gasteiger partial charge in [-0.15, -0.1) is 0 Å². The highest BCUT2D eigenvalue weighted by molar-refractivity contribution is 7.92. The number of benzene rings is 2. The van der Waals surface area contributed by atoms with Gasteiger partial charge >= 0.3 is 0 Å². The molecule has 33 heavy (non-hydrogen) atoms. The number of anilines is 1. The lowest BCUT2D eigenvalue weighted by molar-refractivity contribution is 0.0934. The van der Waals surface area contributed by atoms with E-state index in [4.69, 9.17) is 25.5 Å². The number of furan rings is 1. The zero-order chi connectivity index (χ0) is 24.3. The van der Waals surface area contributed by atoms with Gasteiger partial charge in [0.15, 0.2) is 0 Å².